The van der Waals surface area contributed by atoms with Crippen molar-refractivity contribution in [1.29, 1.82) is 0 Å². The minimum atomic E-state index is -0.668. The molecule has 1 saturated carbocycles. The lowest BCUT2D eigenvalue weighted by Gasteiger charge is -2.32. The quantitative estimate of drug-likeness (QED) is 0.368. The van der Waals surface area contributed by atoms with Gasteiger partial charge >= 0.3 is 0 Å². The molecule has 4 unspecified atom stereocenters. The van der Waals surface area contributed by atoms with E-state index >= 15 is 0 Å². The van der Waals surface area contributed by atoms with Gasteiger partial charge in [-0.2, -0.15) is 0 Å². The molecule has 2 N–H and O–H groups in total. The van der Waals surface area contributed by atoms with Crippen LogP contribution in [0, 0.1) is 5.92 Å². The summed E-state index contributed by atoms with van der Waals surface area (Å²) in [5.41, 5.74) is 0. The van der Waals surface area contributed by atoms with Crippen LogP contribution in [-0.4, -0.2) is 65.8 Å². The highest BCUT2D eigenvalue weighted by Crippen LogP contribution is 2.23. The summed E-state index contributed by atoms with van der Waals surface area (Å²) in [7, 11) is 3.38. The molecule has 2 aliphatic rings. The van der Waals surface area contributed by atoms with E-state index in [1.807, 2.05) is 14.0 Å². The molecular weight excluding hydrogens is 435 g/mol. The summed E-state index contributed by atoms with van der Waals surface area (Å²) >= 11 is 0. The second-order valence-corrected chi connectivity index (χ2v) is 9.03. The van der Waals surface area contributed by atoms with E-state index in [2.05, 4.69) is 27.6 Å². The predicted molar refractivity (Wildman–Crippen MR) is 115 cm³/mol. The fourth-order valence-corrected chi connectivity index (χ4v) is 5.17. The highest BCUT2D eigenvalue weighted by atomic mass is 127. The van der Waals surface area contributed by atoms with Crippen molar-refractivity contribution in [2.24, 2.45) is 10.9 Å². The maximum absolute atomic E-state index is 12.1. The molecule has 0 spiro atoms. The molecule has 0 aromatic rings. The van der Waals surface area contributed by atoms with Gasteiger partial charge < -0.3 is 15.5 Å². The summed E-state index contributed by atoms with van der Waals surface area (Å²) in [4.78, 5) is 6.80. The molecule has 142 valence electrons. The topological polar surface area (TPSA) is 56.7 Å². The standard InChI is InChI=1S/C17H34N4OS.HI/c1-4-23(22)16-9-5-8-15(11-16)20-17(18-2)19-12-14-7-6-10-21(3)13-14;/h14-16H,4-13H2,1-3H3,(H2,18,19,20);1H. The summed E-state index contributed by atoms with van der Waals surface area (Å²) in [6.07, 6.45) is 7.03. The van der Waals surface area contributed by atoms with Crippen LogP contribution in [0.4, 0.5) is 0 Å². The molecule has 0 radical (unpaired) electrons. The molecule has 1 heterocycles. The number of piperidine rings is 1. The molecule has 2 fully saturated rings. The Balaban J connectivity index is 0.00000288. The van der Waals surface area contributed by atoms with Gasteiger partial charge in [-0.1, -0.05) is 13.3 Å². The van der Waals surface area contributed by atoms with Gasteiger partial charge in [-0.25, -0.2) is 0 Å². The predicted octanol–water partition coefficient (Wildman–Crippen LogP) is 2.19. The molecule has 7 heteroatoms. The minimum absolute atomic E-state index is 0. The number of hydrogen-bond acceptors (Lipinski definition) is 3. The highest BCUT2D eigenvalue weighted by Gasteiger charge is 2.26. The average Bonchev–Trinajstić information content (AvgIpc) is 2.58. The lowest BCUT2D eigenvalue weighted by atomic mass is 9.95. The smallest absolute Gasteiger partial charge is 0.191 e. The maximum atomic E-state index is 12.1. The van der Waals surface area contributed by atoms with E-state index in [4.69, 9.17) is 0 Å². The summed E-state index contributed by atoms with van der Waals surface area (Å²) < 4.78 is 12.1. The van der Waals surface area contributed by atoms with Crippen molar-refractivity contribution in [2.45, 2.75) is 56.7 Å². The molecule has 1 saturated heterocycles. The first-order chi connectivity index (χ1) is 11.1. The van der Waals surface area contributed by atoms with Crippen LogP contribution in [0.1, 0.15) is 45.4 Å². The molecule has 0 aromatic heterocycles. The minimum Gasteiger partial charge on any atom is -0.356 e. The molecule has 0 amide bonds. The van der Waals surface area contributed by atoms with Crippen LogP contribution in [-0.2, 0) is 10.8 Å². The van der Waals surface area contributed by atoms with Gasteiger partial charge in [-0.15, -0.1) is 24.0 Å². The Morgan fingerprint density at radius 3 is 2.75 bits per heavy atom. The van der Waals surface area contributed by atoms with E-state index < -0.39 is 10.8 Å². The lowest BCUT2D eigenvalue weighted by Crippen LogP contribution is -2.48. The van der Waals surface area contributed by atoms with Gasteiger partial charge in [0.05, 0.1) is 0 Å². The van der Waals surface area contributed by atoms with Gasteiger partial charge in [0.15, 0.2) is 5.96 Å². The zero-order chi connectivity index (χ0) is 16.7. The number of nitrogens with one attached hydrogen (secondary N) is 2. The summed E-state index contributed by atoms with van der Waals surface area (Å²) in [6, 6.07) is 0.407. The molecule has 1 aliphatic heterocycles. The van der Waals surface area contributed by atoms with Crippen molar-refractivity contribution in [1.82, 2.24) is 15.5 Å². The summed E-state index contributed by atoms with van der Waals surface area (Å²) in [5, 5.41) is 7.42. The molecule has 24 heavy (non-hydrogen) atoms. The van der Waals surface area contributed by atoms with Gasteiger partial charge in [0.25, 0.3) is 0 Å². The lowest BCUT2D eigenvalue weighted by molar-refractivity contribution is 0.210. The number of hydrogen-bond donors (Lipinski definition) is 2. The Morgan fingerprint density at radius 1 is 1.29 bits per heavy atom. The van der Waals surface area contributed by atoms with Crippen molar-refractivity contribution in [3.8, 4) is 0 Å². The van der Waals surface area contributed by atoms with Gasteiger partial charge in [0.2, 0.25) is 0 Å². The molecule has 4 atom stereocenters. The SMILES string of the molecule is CCS(=O)C1CCCC(NC(=NC)NCC2CCCN(C)C2)C1.I. The molecule has 2 rings (SSSR count). The number of likely N-dealkylation sites (tertiary alicyclic amines) is 1. The van der Waals surface area contributed by atoms with E-state index in [1.54, 1.807) is 0 Å². The first-order valence-corrected chi connectivity index (χ1v) is 10.5. The van der Waals surface area contributed by atoms with Gasteiger partial charge in [0, 0.05) is 48.0 Å². The van der Waals surface area contributed by atoms with Crippen molar-refractivity contribution >= 4 is 40.7 Å². The Bertz CT molecular complexity index is 421. The zero-order valence-electron chi connectivity index (χ0n) is 15.4. The Morgan fingerprint density at radius 2 is 2.08 bits per heavy atom. The number of halogens is 1. The third-order valence-corrected chi connectivity index (χ3v) is 6.87. The van der Waals surface area contributed by atoms with Gasteiger partial charge in [-0.3, -0.25) is 9.20 Å². The second kappa shape index (κ2) is 11.7. The summed E-state index contributed by atoms with van der Waals surface area (Å²) in [5.74, 6) is 2.39. The van der Waals surface area contributed by atoms with Crippen LogP contribution in [0.2, 0.25) is 0 Å². The number of aliphatic imine (C=N–C) groups is 1. The van der Waals surface area contributed by atoms with Crippen LogP contribution in [0.5, 0.6) is 0 Å². The van der Waals surface area contributed by atoms with Crippen molar-refractivity contribution < 1.29 is 4.21 Å². The third kappa shape index (κ3) is 7.15. The number of nitrogens with zero attached hydrogens (tertiary/aromatic N) is 2. The maximum Gasteiger partial charge on any atom is 0.191 e. The van der Waals surface area contributed by atoms with Crippen molar-refractivity contribution in [2.75, 3.05) is 39.5 Å². The molecule has 5 nitrogen and oxygen atoms in total. The first-order valence-electron chi connectivity index (χ1n) is 9.15. The Labute approximate surface area is 167 Å². The van der Waals surface area contributed by atoms with Crippen LogP contribution < -0.4 is 10.6 Å². The van der Waals surface area contributed by atoms with Crippen molar-refractivity contribution in [3.63, 3.8) is 0 Å². The second-order valence-electron chi connectivity index (χ2n) is 7.02. The molecular formula is C17H35IN4OS. The van der Waals surface area contributed by atoms with E-state index in [9.17, 15) is 4.21 Å². The van der Waals surface area contributed by atoms with Crippen LogP contribution in [0.3, 0.4) is 0 Å². The largest absolute Gasteiger partial charge is 0.356 e. The fraction of sp³-hybridized carbons (Fsp3) is 0.941. The van der Waals surface area contributed by atoms with Crippen molar-refractivity contribution in [3.05, 3.63) is 0 Å². The van der Waals surface area contributed by atoms with Crippen LogP contribution >= 0.6 is 24.0 Å². The van der Waals surface area contributed by atoms with Crippen LogP contribution in [0.25, 0.3) is 0 Å². The normalized spacial score (nSPS) is 30.3. The first kappa shape index (κ1) is 22.2. The Kier molecular flexibility index (Phi) is 10.8. The van der Waals surface area contributed by atoms with E-state index in [0.717, 1.165) is 37.5 Å². The molecule has 0 bridgehead atoms. The molecule has 0 aromatic carbocycles. The molecule has 1 aliphatic carbocycles. The van der Waals surface area contributed by atoms with E-state index in [1.165, 1.54) is 32.4 Å². The highest BCUT2D eigenvalue weighted by molar-refractivity contribution is 14.0. The summed E-state index contributed by atoms with van der Waals surface area (Å²) in [6.45, 7) is 5.41. The number of rotatable bonds is 5. The monoisotopic (exact) mass is 470 g/mol. The number of guanidine groups is 1. The van der Waals surface area contributed by atoms with E-state index in [0.29, 0.717) is 17.2 Å². The van der Waals surface area contributed by atoms with E-state index in [-0.39, 0.29) is 24.0 Å². The fourth-order valence-electron chi connectivity index (χ4n) is 3.82. The average molecular weight is 470 g/mol. The Hall–Kier alpha value is 0.110. The van der Waals surface area contributed by atoms with Gasteiger partial charge in [-0.05, 0) is 51.6 Å². The van der Waals surface area contributed by atoms with Gasteiger partial charge in [0.1, 0.15) is 0 Å². The zero-order valence-corrected chi connectivity index (χ0v) is 18.6. The van der Waals surface area contributed by atoms with Crippen LogP contribution in [0.15, 0.2) is 4.99 Å². The third-order valence-electron chi connectivity index (χ3n) is 5.13.